The maximum Gasteiger partial charge on any atom is 0.306 e. The second-order valence-corrected chi connectivity index (χ2v) is 15.7. The molecule has 4 N–H and O–H groups in total. The van der Waals surface area contributed by atoms with Crippen molar-refractivity contribution < 1.29 is 42.7 Å². The van der Waals surface area contributed by atoms with Gasteiger partial charge in [0, 0.05) is 37.7 Å². The van der Waals surface area contributed by atoms with Crippen LogP contribution in [0.2, 0.25) is 0 Å². The number of aryl methyl sites for hydroxylation is 3. The minimum Gasteiger partial charge on any atom is -0.497 e. The Bertz CT molecular complexity index is 2700. The summed E-state index contributed by atoms with van der Waals surface area (Å²) < 4.78 is 40.1. The van der Waals surface area contributed by atoms with Gasteiger partial charge in [0.2, 0.25) is 34.9 Å². The topological polar surface area (TPSA) is 233 Å². The van der Waals surface area contributed by atoms with Gasteiger partial charge in [-0.25, -0.2) is 0 Å². The molecular weight excluding hydrogens is 889 g/mol. The number of carbonyl (C=O) groups excluding carboxylic acids is 2. The predicted molar refractivity (Wildman–Crippen MR) is 256 cm³/mol. The van der Waals surface area contributed by atoms with Crippen molar-refractivity contribution >= 4 is 29.7 Å². The molecule has 0 unspecified atom stereocenters. The number of rotatable bonds is 23. The van der Waals surface area contributed by atoms with Crippen LogP contribution >= 0.6 is 0 Å². The summed E-state index contributed by atoms with van der Waals surface area (Å²) in [5.41, 5.74) is 5.20. The third kappa shape index (κ3) is 12.6. The van der Waals surface area contributed by atoms with Gasteiger partial charge in [-0.15, -0.1) is 5.10 Å². The van der Waals surface area contributed by atoms with Gasteiger partial charge in [-0.2, -0.15) is 15.0 Å². The van der Waals surface area contributed by atoms with E-state index in [1.54, 1.807) is 51.5 Å². The van der Waals surface area contributed by atoms with Gasteiger partial charge in [0.1, 0.15) is 18.1 Å². The molecule has 362 valence electrons. The quantitative estimate of drug-likeness (QED) is 0.0456. The van der Waals surface area contributed by atoms with Crippen molar-refractivity contribution in [3.05, 3.63) is 117 Å². The van der Waals surface area contributed by atoms with E-state index in [1.165, 1.54) is 20.3 Å². The standard InChI is InChI=1S/C49H56N10O10/c1-63-34-13-7-30(8-14-34)27-51-48-54-47(55-49(56-48)52-28-31-9-15-35(64-2)16-10-31)50-22-24-69-43(62)20-12-33-29-59(58-57-33)23-21-42(61)53-38-18-11-32-25-41(66-4)45(67-5)46(68-6)44(32)36-17-19-40(65-3)39(60)26-37(36)38/h7-10,13-17,19,25-26,29,38H,11-12,18,20-24,27-28H2,1-6H3,(H,53,61)(H3,50,51,52,54,55,56)/t38-/m0/s1. The molecule has 0 spiro atoms. The number of benzene rings is 3. The molecule has 0 saturated heterocycles. The third-order valence-corrected chi connectivity index (χ3v) is 11.3. The lowest BCUT2D eigenvalue weighted by Crippen LogP contribution is -2.29. The Labute approximate surface area is 399 Å². The van der Waals surface area contributed by atoms with Crippen molar-refractivity contribution in [1.29, 1.82) is 0 Å². The molecule has 69 heavy (non-hydrogen) atoms. The van der Waals surface area contributed by atoms with Crippen molar-refractivity contribution in [2.24, 2.45) is 0 Å². The normalized spacial score (nSPS) is 12.6. The van der Waals surface area contributed by atoms with Gasteiger partial charge < -0.3 is 54.4 Å². The van der Waals surface area contributed by atoms with Crippen molar-refractivity contribution in [1.82, 2.24) is 35.3 Å². The molecule has 4 aromatic carbocycles. The molecule has 1 aliphatic carbocycles. The summed E-state index contributed by atoms with van der Waals surface area (Å²) in [5, 5.41) is 21.1. The Morgan fingerprint density at radius 1 is 0.696 bits per heavy atom. The highest BCUT2D eigenvalue weighted by Crippen LogP contribution is 2.50. The average molecular weight is 945 g/mol. The molecule has 1 aliphatic rings. The summed E-state index contributed by atoms with van der Waals surface area (Å²) in [6, 6.07) is 21.6. The Hall–Kier alpha value is -8.16. The molecule has 6 aromatic rings. The first-order valence-corrected chi connectivity index (χ1v) is 22.2. The van der Waals surface area contributed by atoms with Crippen LogP contribution in [0.5, 0.6) is 34.5 Å². The van der Waals surface area contributed by atoms with Gasteiger partial charge in [0.05, 0.1) is 73.9 Å². The predicted octanol–water partition coefficient (Wildman–Crippen LogP) is 5.55. The first-order chi connectivity index (χ1) is 33.6. The second-order valence-electron chi connectivity index (χ2n) is 15.7. The smallest absolute Gasteiger partial charge is 0.306 e. The van der Waals surface area contributed by atoms with Crippen molar-refractivity contribution in [2.75, 3.05) is 71.8 Å². The maximum absolute atomic E-state index is 13.5. The number of esters is 1. The molecule has 2 aromatic heterocycles. The van der Waals surface area contributed by atoms with Gasteiger partial charge in [-0.3, -0.25) is 19.1 Å². The zero-order valence-electron chi connectivity index (χ0n) is 39.4. The number of anilines is 3. The largest absolute Gasteiger partial charge is 0.497 e. The molecular formula is C49H56N10O10. The lowest BCUT2D eigenvalue weighted by molar-refractivity contribution is -0.143. The van der Waals surface area contributed by atoms with Crippen LogP contribution in [0.4, 0.5) is 17.8 Å². The van der Waals surface area contributed by atoms with E-state index in [-0.39, 0.29) is 56.0 Å². The van der Waals surface area contributed by atoms with Crippen molar-refractivity contribution in [3.63, 3.8) is 0 Å². The summed E-state index contributed by atoms with van der Waals surface area (Å²) in [5.74, 6) is 3.37. The van der Waals surface area contributed by atoms with E-state index < -0.39 is 12.0 Å². The molecule has 0 fully saturated rings. The van der Waals surface area contributed by atoms with Crippen molar-refractivity contribution in [3.8, 4) is 45.6 Å². The van der Waals surface area contributed by atoms with Crippen LogP contribution in [0.1, 0.15) is 53.3 Å². The molecule has 0 aliphatic heterocycles. The molecule has 0 radical (unpaired) electrons. The van der Waals surface area contributed by atoms with Gasteiger partial charge >= 0.3 is 5.97 Å². The van der Waals surface area contributed by atoms with Crippen LogP contribution in [0.3, 0.4) is 0 Å². The SMILES string of the molecule is COc1ccc(CNc2nc(NCCOC(=O)CCc3cn(CCC(=O)N[C@H]4CCc5cc(OC)c(OC)c(OC)c5-c5ccc(OC)c(=O)cc54)nn3)nc(NCc3ccc(OC)cc3)n2)cc1. The number of hydrogen-bond donors (Lipinski definition) is 4. The molecule has 2 heterocycles. The van der Waals surface area contributed by atoms with E-state index in [0.717, 1.165) is 33.8 Å². The first kappa shape index (κ1) is 48.8. The third-order valence-electron chi connectivity index (χ3n) is 11.3. The second kappa shape index (κ2) is 23.5. The summed E-state index contributed by atoms with van der Waals surface area (Å²) in [6.07, 6.45) is 3.16. The number of fused-ring (bicyclic) bond motifs is 3. The van der Waals surface area contributed by atoms with E-state index in [0.29, 0.717) is 77.8 Å². The zero-order chi connectivity index (χ0) is 48.7. The van der Waals surface area contributed by atoms with Crippen LogP contribution < -0.4 is 55.1 Å². The van der Waals surface area contributed by atoms with Crippen LogP contribution in [-0.4, -0.2) is 97.6 Å². The first-order valence-electron chi connectivity index (χ1n) is 22.2. The summed E-state index contributed by atoms with van der Waals surface area (Å²) in [6.45, 7) is 1.46. The van der Waals surface area contributed by atoms with Crippen LogP contribution in [0, 0.1) is 0 Å². The van der Waals surface area contributed by atoms with E-state index in [2.05, 4.69) is 46.5 Å². The molecule has 0 saturated carbocycles. The lowest BCUT2D eigenvalue weighted by atomic mass is 9.95. The van der Waals surface area contributed by atoms with Gasteiger partial charge in [0.25, 0.3) is 0 Å². The molecule has 1 atom stereocenters. The molecule has 1 amide bonds. The van der Waals surface area contributed by atoms with Gasteiger partial charge in [-0.1, -0.05) is 35.5 Å². The number of hydrogen-bond acceptors (Lipinski definition) is 18. The fraction of sp³-hybridized carbons (Fsp3) is 0.347. The Balaban J connectivity index is 0.902. The summed E-state index contributed by atoms with van der Waals surface area (Å²) in [7, 11) is 9.31. The van der Waals surface area contributed by atoms with E-state index in [9.17, 15) is 14.4 Å². The average Bonchev–Trinajstić information content (AvgIpc) is 3.71. The molecule has 7 rings (SSSR count). The zero-order valence-corrected chi connectivity index (χ0v) is 39.4. The fourth-order valence-electron chi connectivity index (χ4n) is 7.75. The van der Waals surface area contributed by atoms with Gasteiger partial charge in [0.15, 0.2) is 17.2 Å². The Kier molecular flexibility index (Phi) is 16.6. The number of amides is 1. The monoisotopic (exact) mass is 944 g/mol. The fourth-order valence-corrected chi connectivity index (χ4v) is 7.75. The van der Waals surface area contributed by atoms with E-state index in [1.807, 2.05) is 54.6 Å². The number of carbonyl (C=O) groups is 2. The highest BCUT2D eigenvalue weighted by Gasteiger charge is 2.30. The number of nitrogens with zero attached hydrogens (tertiary/aromatic N) is 6. The Morgan fingerprint density at radius 2 is 1.32 bits per heavy atom. The number of nitrogens with one attached hydrogen (secondary N) is 4. The van der Waals surface area contributed by atoms with E-state index in [4.69, 9.17) is 33.2 Å². The molecule has 20 nitrogen and oxygen atoms in total. The van der Waals surface area contributed by atoms with E-state index >= 15 is 0 Å². The van der Waals surface area contributed by atoms with Crippen molar-refractivity contribution in [2.45, 2.75) is 57.8 Å². The van der Waals surface area contributed by atoms with Gasteiger partial charge in [-0.05, 0) is 83.1 Å². The number of ether oxygens (including phenoxy) is 7. The maximum atomic E-state index is 13.5. The number of aromatic nitrogens is 6. The van der Waals surface area contributed by atoms with Crippen LogP contribution in [-0.2, 0) is 46.8 Å². The number of methoxy groups -OCH3 is 6. The highest BCUT2D eigenvalue weighted by atomic mass is 16.5. The summed E-state index contributed by atoms with van der Waals surface area (Å²) >= 11 is 0. The summed E-state index contributed by atoms with van der Waals surface area (Å²) in [4.78, 5) is 53.1. The van der Waals surface area contributed by atoms with Crippen LogP contribution in [0.15, 0.2) is 83.8 Å². The minimum absolute atomic E-state index is 0.0605. The molecule has 0 bridgehead atoms. The van der Waals surface area contributed by atoms with Crippen LogP contribution in [0.25, 0.3) is 11.1 Å². The Morgan fingerprint density at radius 3 is 1.91 bits per heavy atom. The molecule has 20 heteroatoms. The highest BCUT2D eigenvalue weighted by molar-refractivity contribution is 5.84. The lowest BCUT2D eigenvalue weighted by Gasteiger charge is -2.20. The minimum atomic E-state index is -0.522.